The van der Waals surface area contributed by atoms with E-state index in [0.29, 0.717) is 5.92 Å². The average molecular weight is 285 g/mol. The van der Waals surface area contributed by atoms with Crippen LogP contribution in [0.4, 0.5) is 5.82 Å². The van der Waals surface area contributed by atoms with Crippen molar-refractivity contribution < 1.29 is 0 Å². The second kappa shape index (κ2) is 6.79. The molecule has 0 radical (unpaired) electrons. The minimum absolute atomic E-state index is 0.546. The van der Waals surface area contributed by atoms with Crippen molar-refractivity contribution in [2.24, 2.45) is 0 Å². The van der Waals surface area contributed by atoms with Crippen LogP contribution in [0.3, 0.4) is 0 Å². The zero-order chi connectivity index (χ0) is 15.4. The van der Waals surface area contributed by atoms with Crippen LogP contribution in [0.2, 0.25) is 0 Å². The highest BCUT2D eigenvalue weighted by atomic mass is 15.1. The van der Waals surface area contributed by atoms with Crippen LogP contribution in [-0.2, 0) is 13.0 Å². The second-order valence-corrected chi connectivity index (χ2v) is 5.90. The summed E-state index contributed by atoms with van der Waals surface area (Å²) in [5.74, 6) is 2.44. The third-order valence-electron chi connectivity index (χ3n) is 3.99. The van der Waals surface area contributed by atoms with Crippen LogP contribution in [0.1, 0.15) is 57.8 Å². The van der Waals surface area contributed by atoms with Crippen molar-refractivity contribution >= 4 is 5.82 Å². The number of anilines is 1. The molecule has 3 heteroatoms. The Labute approximate surface area is 128 Å². The highest BCUT2D eigenvalue weighted by Gasteiger charge is 2.14. The average Bonchev–Trinajstić information content (AvgIpc) is 2.81. The Kier molecular flexibility index (Phi) is 5.05. The fraction of sp³-hybridized carbons (Fsp3) is 0.500. The third kappa shape index (κ3) is 3.29. The van der Waals surface area contributed by atoms with Crippen LogP contribution in [-0.4, -0.2) is 9.55 Å². The maximum absolute atomic E-state index is 6.35. The lowest BCUT2D eigenvalue weighted by molar-refractivity contribution is 0.612. The van der Waals surface area contributed by atoms with Gasteiger partial charge in [-0.2, -0.15) is 0 Å². The van der Waals surface area contributed by atoms with E-state index in [1.165, 1.54) is 12.0 Å². The topological polar surface area (TPSA) is 43.8 Å². The zero-order valence-electron chi connectivity index (χ0n) is 13.7. The van der Waals surface area contributed by atoms with Crippen molar-refractivity contribution in [2.75, 3.05) is 5.73 Å². The minimum Gasteiger partial charge on any atom is -0.383 e. The molecule has 1 aromatic heterocycles. The number of aryl methyl sites for hydroxylation is 1. The van der Waals surface area contributed by atoms with Gasteiger partial charge in [-0.3, -0.25) is 0 Å². The van der Waals surface area contributed by atoms with Gasteiger partial charge >= 0.3 is 0 Å². The van der Waals surface area contributed by atoms with Crippen molar-refractivity contribution in [2.45, 2.75) is 59.4 Å². The van der Waals surface area contributed by atoms with E-state index in [1.807, 2.05) is 0 Å². The SMILES string of the molecule is CCCCn1c(CC)nc(-c2ccc(C(C)C)cc2)c1N. The van der Waals surface area contributed by atoms with Gasteiger partial charge in [-0.05, 0) is 17.9 Å². The summed E-state index contributed by atoms with van der Waals surface area (Å²) in [4.78, 5) is 4.76. The Morgan fingerprint density at radius 1 is 1.14 bits per heavy atom. The largest absolute Gasteiger partial charge is 0.383 e. The van der Waals surface area contributed by atoms with Gasteiger partial charge in [0, 0.05) is 18.5 Å². The number of nitrogen functional groups attached to an aromatic ring is 1. The van der Waals surface area contributed by atoms with Crippen LogP contribution >= 0.6 is 0 Å². The fourth-order valence-corrected chi connectivity index (χ4v) is 2.59. The molecule has 0 saturated carbocycles. The van der Waals surface area contributed by atoms with E-state index in [4.69, 9.17) is 10.7 Å². The Morgan fingerprint density at radius 2 is 1.81 bits per heavy atom. The summed E-state index contributed by atoms with van der Waals surface area (Å²) in [7, 11) is 0. The van der Waals surface area contributed by atoms with Crippen molar-refractivity contribution in [3.63, 3.8) is 0 Å². The summed E-state index contributed by atoms with van der Waals surface area (Å²) in [5.41, 5.74) is 9.74. The molecule has 0 saturated heterocycles. The van der Waals surface area contributed by atoms with E-state index < -0.39 is 0 Å². The van der Waals surface area contributed by atoms with E-state index in [1.54, 1.807) is 0 Å². The first-order chi connectivity index (χ1) is 10.1. The molecule has 2 N–H and O–H groups in total. The van der Waals surface area contributed by atoms with E-state index in [2.05, 4.69) is 56.5 Å². The molecule has 0 atom stereocenters. The number of hydrogen-bond acceptors (Lipinski definition) is 2. The van der Waals surface area contributed by atoms with E-state index >= 15 is 0 Å². The summed E-state index contributed by atoms with van der Waals surface area (Å²) in [6.45, 7) is 9.71. The molecule has 1 aromatic carbocycles. The summed E-state index contributed by atoms with van der Waals surface area (Å²) >= 11 is 0. The first-order valence-corrected chi connectivity index (χ1v) is 8.03. The molecule has 21 heavy (non-hydrogen) atoms. The molecule has 2 aromatic rings. The molecule has 114 valence electrons. The molecule has 0 aliphatic carbocycles. The van der Waals surface area contributed by atoms with Gasteiger partial charge in [0.25, 0.3) is 0 Å². The predicted octanol–water partition coefficient (Wildman–Crippen LogP) is 4.62. The van der Waals surface area contributed by atoms with Crippen molar-refractivity contribution in [3.8, 4) is 11.3 Å². The highest BCUT2D eigenvalue weighted by Crippen LogP contribution is 2.28. The zero-order valence-corrected chi connectivity index (χ0v) is 13.7. The smallest absolute Gasteiger partial charge is 0.131 e. The molecule has 0 unspecified atom stereocenters. The van der Waals surface area contributed by atoms with E-state index in [0.717, 1.165) is 42.3 Å². The van der Waals surface area contributed by atoms with Gasteiger partial charge in [0.2, 0.25) is 0 Å². The third-order valence-corrected chi connectivity index (χ3v) is 3.99. The number of nitrogens with two attached hydrogens (primary N) is 1. The number of benzene rings is 1. The first-order valence-electron chi connectivity index (χ1n) is 8.03. The van der Waals surface area contributed by atoms with Gasteiger partial charge in [0.1, 0.15) is 17.3 Å². The normalized spacial score (nSPS) is 11.3. The molecule has 2 rings (SSSR count). The van der Waals surface area contributed by atoms with Gasteiger partial charge in [-0.1, -0.05) is 58.4 Å². The number of rotatable bonds is 6. The summed E-state index contributed by atoms with van der Waals surface area (Å²) < 4.78 is 2.18. The molecule has 3 nitrogen and oxygen atoms in total. The van der Waals surface area contributed by atoms with Crippen LogP contribution in [0.5, 0.6) is 0 Å². The van der Waals surface area contributed by atoms with Gasteiger partial charge in [0.15, 0.2) is 0 Å². The van der Waals surface area contributed by atoms with Crippen LogP contribution < -0.4 is 5.73 Å². The first kappa shape index (κ1) is 15.6. The molecular formula is C18H27N3. The van der Waals surface area contributed by atoms with Gasteiger partial charge in [0.05, 0.1) is 0 Å². The van der Waals surface area contributed by atoms with Crippen molar-refractivity contribution in [1.29, 1.82) is 0 Å². The van der Waals surface area contributed by atoms with Crippen LogP contribution in [0, 0.1) is 0 Å². The van der Waals surface area contributed by atoms with Gasteiger partial charge in [-0.25, -0.2) is 4.98 Å². The molecule has 0 aliphatic heterocycles. The van der Waals surface area contributed by atoms with Crippen LogP contribution in [0.25, 0.3) is 11.3 Å². The molecule has 0 spiro atoms. The standard InChI is InChI=1S/C18H27N3/c1-5-7-12-21-16(6-2)20-17(18(21)19)15-10-8-14(9-11-15)13(3)4/h8-11,13H,5-7,12,19H2,1-4H3. The lowest BCUT2D eigenvalue weighted by atomic mass is 10.0. The highest BCUT2D eigenvalue weighted by molar-refractivity contribution is 5.71. The van der Waals surface area contributed by atoms with Crippen LogP contribution in [0.15, 0.2) is 24.3 Å². The summed E-state index contributed by atoms with van der Waals surface area (Å²) in [6.07, 6.45) is 3.22. The molecular weight excluding hydrogens is 258 g/mol. The Morgan fingerprint density at radius 3 is 2.33 bits per heavy atom. The van der Waals surface area contributed by atoms with E-state index in [9.17, 15) is 0 Å². The van der Waals surface area contributed by atoms with E-state index in [-0.39, 0.29) is 0 Å². The van der Waals surface area contributed by atoms with Gasteiger partial charge in [-0.15, -0.1) is 0 Å². The number of imidazole rings is 1. The molecule has 0 amide bonds. The Bertz CT molecular complexity index is 579. The lowest BCUT2D eigenvalue weighted by Crippen LogP contribution is -2.06. The molecule has 0 bridgehead atoms. The Balaban J connectivity index is 2.37. The number of aromatic nitrogens is 2. The Hall–Kier alpha value is -1.77. The van der Waals surface area contributed by atoms with Crippen molar-refractivity contribution in [3.05, 3.63) is 35.7 Å². The molecule has 1 heterocycles. The quantitative estimate of drug-likeness (QED) is 0.841. The summed E-state index contributed by atoms with van der Waals surface area (Å²) in [5, 5.41) is 0. The fourth-order valence-electron chi connectivity index (χ4n) is 2.59. The number of unbranched alkanes of at least 4 members (excludes halogenated alkanes) is 1. The van der Waals surface area contributed by atoms with Crippen molar-refractivity contribution in [1.82, 2.24) is 9.55 Å². The lowest BCUT2D eigenvalue weighted by Gasteiger charge is -2.08. The number of nitrogens with zero attached hydrogens (tertiary/aromatic N) is 2. The molecule has 0 fully saturated rings. The minimum atomic E-state index is 0.546. The maximum atomic E-state index is 6.35. The number of hydrogen-bond donors (Lipinski definition) is 1. The summed E-state index contributed by atoms with van der Waals surface area (Å²) in [6, 6.07) is 8.63. The molecule has 0 aliphatic rings. The maximum Gasteiger partial charge on any atom is 0.131 e. The monoisotopic (exact) mass is 285 g/mol. The predicted molar refractivity (Wildman–Crippen MR) is 90.5 cm³/mol. The van der Waals surface area contributed by atoms with Gasteiger partial charge < -0.3 is 10.3 Å². The second-order valence-electron chi connectivity index (χ2n) is 5.90.